The number of aryl methyl sites for hydroxylation is 1. The fourth-order valence-electron chi connectivity index (χ4n) is 1.43. The van der Waals surface area contributed by atoms with Gasteiger partial charge in [-0.15, -0.1) is 0 Å². The molecule has 1 N–H and O–H groups in total. The molecule has 0 aliphatic heterocycles. The summed E-state index contributed by atoms with van der Waals surface area (Å²) < 4.78 is 1.73. The molecule has 0 unspecified atom stereocenters. The molecule has 0 aliphatic carbocycles. The average molecular weight is 174 g/mol. The van der Waals surface area contributed by atoms with Gasteiger partial charge in [0.1, 0.15) is 11.5 Å². The average Bonchev–Trinajstić information content (AvgIpc) is 2.45. The van der Waals surface area contributed by atoms with Gasteiger partial charge in [-0.2, -0.15) is 5.10 Å². The lowest BCUT2D eigenvalue weighted by Crippen LogP contribution is -1.90. The fraction of sp³-hybridized carbons (Fsp3) is 0.100. The van der Waals surface area contributed by atoms with Crippen LogP contribution in [0.1, 0.15) is 5.69 Å². The number of rotatable bonds is 1. The summed E-state index contributed by atoms with van der Waals surface area (Å²) in [5.74, 6) is 0.0109. The van der Waals surface area contributed by atoms with Crippen molar-refractivity contribution in [2.45, 2.75) is 0 Å². The highest BCUT2D eigenvalue weighted by Crippen LogP contribution is 2.20. The summed E-state index contributed by atoms with van der Waals surface area (Å²) >= 11 is 0. The molecule has 66 valence electrons. The number of aliphatic hydroxyl groups excluding tert-OH is 1. The minimum atomic E-state index is 0.0109. The molecule has 0 atom stereocenters. The SMILES string of the molecule is C=C(O)c1nn(C)c2ccccc12. The zero-order chi connectivity index (χ0) is 9.42. The Kier molecular flexibility index (Phi) is 1.59. The Hall–Kier alpha value is -1.77. The van der Waals surface area contributed by atoms with Gasteiger partial charge in [-0.1, -0.05) is 24.8 Å². The maximum Gasteiger partial charge on any atom is 0.136 e. The van der Waals surface area contributed by atoms with Gasteiger partial charge in [-0.25, -0.2) is 0 Å². The molecular formula is C10H10N2O. The minimum absolute atomic E-state index is 0.0109. The molecule has 13 heavy (non-hydrogen) atoms. The van der Waals surface area contributed by atoms with Crippen LogP contribution in [0.4, 0.5) is 0 Å². The molecule has 1 aromatic carbocycles. The summed E-state index contributed by atoms with van der Waals surface area (Å²) in [5, 5.41) is 14.3. The van der Waals surface area contributed by atoms with E-state index in [0.717, 1.165) is 10.9 Å². The summed E-state index contributed by atoms with van der Waals surface area (Å²) in [7, 11) is 1.84. The predicted molar refractivity (Wildman–Crippen MR) is 52.4 cm³/mol. The Balaban J connectivity index is 2.85. The van der Waals surface area contributed by atoms with Gasteiger partial charge in [0.15, 0.2) is 0 Å². The summed E-state index contributed by atoms with van der Waals surface area (Å²) in [4.78, 5) is 0. The summed E-state index contributed by atoms with van der Waals surface area (Å²) in [6.45, 7) is 3.47. The van der Waals surface area contributed by atoms with Crippen molar-refractivity contribution in [2.24, 2.45) is 7.05 Å². The van der Waals surface area contributed by atoms with Crippen molar-refractivity contribution >= 4 is 16.7 Å². The van der Waals surface area contributed by atoms with Crippen molar-refractivity contribution in [3.05, 3.63) is 36.5 Å². The smallest absolute Gasteiger partial charge is 0.136 e. The Morgan fingerprint density at radius 1 is 1.46 bits per heavy atom. The fourth-order valence-corrected chi connectivity index (χ4v) is 1.43. The van der Waals surface area contributed by atoms with E-state index in [1.165, 1.54) is 0 Å². The van der Waals surface area contributed by atoms with Crippen LogP contribution in [0.3, 0.4) is 0 Å². The maximum atomic E-state index is 9.26. The third kappa shape index (κ3) is 1.09. The number of hydrogen-bond donors (Lipinski definition) is 1. The van der Waals surface area contributed by atoms with E-state index in [0.29, 0.717) is 5.69 Å². The van der Waals surface area contributed by atoms with E-state index in [2.05, 4.69) is 11.7 Å². The topological polar surface area (TPSA) is 38.1 Å². The number of fused-ring (bicyclic) bond motifs is 1. The lowest BCUT2D eigenvalue weighted by Gasteiger charge is -1.91. The van der Waals surface area contributed by atoms with Crippen LogP contribution < -0.4 is 0 Å². The van der Waals surface area contributed by atoms with Gasteiger partial charge < -0.3 is 5.11 Å². The highest BCUT2D eigenvalue weighted by molar-refractivity contribution is 5.88. The lowest BCUT2D eigenvalue weighted by molar-refractivity contribution is 0.509. The van der Waals surface area contributed by atoms with Gasteiger partial charge in [0.25, 0.3) is 0 Å². The van der Waals surface area contributed by atoms with E-state index in [1.807, 2.05) is 31.3 Å². The monoisotopic (exact) mass is 174 g/mol. The zero-order valence-corrected chi connectivity index (χ0v) is 7.36. The molecule has 0 amide bonds. The van der Waals surface area contributed by atoms with Gasteiger partial charge in [0.2, 0.25) is 0 Å². The number of aromatic nitrogens is 2. The van der Waals surface area contributed by atoms with Gasteiger partial charge >= 0.3 is 0 Å². The third-order valence-corrected chi connectivity index (χ3v) is 2.03. The standard InChI is InChI=1S/C10H10N2O/c1-7(13)10-8-5-3-4-6-9(8)12(2)11-10/h3-6,13H,1H2,2H3. The normalized spacial score (nSPS) is 10.5. The van der Waals surface area contributed by atoms with E-state index in [4.69, 9.17) is 0 Å². The van der Waals surface area contributed by atoms with Gasteiger partial charge in [-0.3, -0.25) is 4.68 Å². The summed E-state index contributed by atoms with van der Waals surface area (Å²) in [5.41, 5.74) is 1.55. The molecule has 0 bridgehead atoms. The first-order valence-corrected chi connectivity index (χ1v) is 4.00. The van der Waals surface area contributed by atoms with E-state index in [1.54, 1.807) is 4.68 Å². The third-order valence-electron chi connectivity index (χ3n) is 2.03. The molecule has 2 rings (SSSR count). The molecule has 0 aliphatic rings. The van der Waals surface area contributed by atoms with E-state index >= 15 is 0 Å². The molecule has 0 spiro atoms. The second-order valence-electron chi connectivity index (χ2n) is 2.94. The molecule has 2 aromatic rings. The molecule has 0 fully saturated rings. The Labute approximate surface area is 75.9 Å². The van der Waals surface area contributed by atoms with Crippen LogP contribution in [0.2, 0.25) is 0 Å². The van der Waals surface area contributed by atoms with Crippen molar-refractivity contribution in [2.75, 3.05) is 0 Å². The number of para-hydroxylation sites is 1. The van der Waals surface area contributed by atoms with Gasteiger partial charge in [0.05, 0.1) is 5.52 Å². The van der Waals surface area contributed by atoms with Crippen LogP contribution in [0.15, 0.2) is 30.8 Å². The number of aliphatic hydroxyl groups is 1. The molecular weight excluding hydrogens is 164 g/mol. The van der Waals surface area contributed by atoms with Crippen LogP contribution in [0, 0.1) is 0 Å². The zero-order valence-electron chi connectivity index (χ0n) is 7.36. The Bertz CT molecular complexity index is 471. The highest BCUT2D eigenvalue weighted by Gasteiger charge is 2.08. The van der Waals surface area contributed by atoms with Gasteiger partial charge in [0, 0.05) is 12.4 Å². The first-order valence-electron chi connectivity index (χ1n) is 4.00. The van der Waals surface area contributed by atoms with Crippen molar-refractivity contribution in [3.63, 3.8) is 0 Å². The van der Waals surface area contributed by atoms with Gasteiger partial charge in [-0.05, 0) is 6.07 Å². The lowest BCUT2D eigenvalue weighted by atomic mass is 10.2. The van der Waals surface area contributed by atoms with Crippen LogP contribution >= 0.6 is 0 Å². The molecule has 0 saturated heterocycles. The molecule has 3 nitrogen and oxygen atoms in total. The van der Waals surface area contributed by atoms with Crippen molar-refractivity contribution in [3.8, 4) is 0 Å². The van der Waals surface area contributed by atoms with Crippen LogP contribution in [0.25, 0.3) is 16.7 Å². The molecule has 0 saturated carbocycles. The van der Waals surface area contributed by atoms with Crippen LogP contribution in [-0.2, 0) is 7.05 Å². The number of hydrogen-bond acceptors (Lipinski definition) is 2. The summed E-state index contributed by atoms with van der Waals surface area (Å²) in [6.07, 6.45) is 0. The van der Waals surface area contributed by atoms with Crippen molar-refractivity contribution in [1.29, 1.82) is 0 Å². The molecule has 3 heteroatoms. The largest absolute Gasteiger partial charge is 0.506 e. The van der Waals surface area contributed by atoms with E-state index in [9.17, 15) is 5.11 Å². The number of nitrogens with zero attached hydrogens (tertiary/aromatic N) is 2. The van der Waals surface area contributed by atoms with Crippen LogP contribution in [-0.4, -0.2) is 14.9 Å². The maximum absolute atomic E-state index is 9.26. The molecule has 1 heterocycles. The number of benzene rings is 1. The van der Waals surface area contributed by atoms with Crippen LogP contribution in [0.5, 0.6) is 0 Å². The predicted octanol–water partition coefficient (Wildman–Crippen LogP) is 2.10. The minimum Gasteiger partial charge on any atom is -0.506 e. The second-order valence-corrected chi connectivity index (χ2v) is 2.94. The summed E-state index contributed by atoms with van der Waals surface area (Å²) in [6, 6.07) is 7.72. The first kappa shape index (κ1) is 7.86. The second kappa shape index (κ2) is 2.62. The van der Waals surface area contributed by atoms with Crippen molar-refractivity contribution < 1.29 is 5.11 Å². The van der Waals surface area contributed by atoms with Crippen molar-refractivity contribution in [1.82, 2.24) is 9.78 Å². The van der Waals surface area contributed by atoms with E-state index in [-0.39, 0.29) is 5.76 Å². The van der Waals surface area contributed by atoms with E-state index < -0.39 is 0 Å². The molecule has 1 aromatic heterocycles. The highest BCUT2D eigenvalue weighted by atomic mass is 16.3. The first-order chi connectivity index (χ1) is 6.20. The Morgan fingerprint density at radius 2 is 2.15 bits per heavy atom. The quantitative estimate of drug-likeness (QED) is 0.672. The molecule has 0 radical (unpaired) electrons. The Morgan fingerprint density at radius 3 is 2.85 bits per heavy atom.